The van der Waals surface area contributed by atoms with E-state index in [2.05, 4.69) is 5.32 Å². The van der Waals surface area contributed by atoms with E-state index in [9.17, 15) is 23.2 Å². The van der Waals surface area contributed by atoms with Crippen molar-refractivity contribution in [1.29, 1.82) is 0 Å². The molecule has 1 N–H and O–H groups in total. The summed E-state index contributed by atoms with van der Waals surface area (Å²) in [6.45, 7) is 0.691. The summed E-state index contributed by atoms with van der Waals surface area (Å²) in [6, 6.07) is 8.20. The molecule has 0 aliphatic carbocycles. The standard InChI is InChI=1S/C20H16Cl3F3N2O2/c1-11(29)27-9-13-3-2-12(4-17(13)23)18-8-19(10-28(18)30,20(24,25)26)14-5-15(21)7-16(22)6-14/h2-7H,8-10H2,1H3,(H,27,29). The highest BCUT2D eigenvalue weighted by Crippen LogP contribution is 2.48. The minimum atomic E-state index is -4.72. The summed E-state index contributed by atoms with van der Waals surface area (Å²) in [4.78, 5) is 11.1. The van der Waals surface area contributed by atoms with E-state index in [4.69, 9.17) is 34.8 Å². The number of carbonyl (C=O) groups excluding carboxylic acids is 1. The van der Waals surface area contributed by atoms with E-state index in [0.29, 0.717) is 10.3 Å². The lowest BCUT2D eigenvalue weighted by molar-refractivity contribution is -0.465. The van der Waals surface area contributed by atoms with Gasteiger partial charge in [-0.25, -0.2) is 4.74 Å². The number of amides is 1. The Morgan fingerprint density at radius 1 is 1.17 bits per heavy atom. The van der Waals surface area contributed by atoms with Crippen molar-refractivity contribution in [3.05, 3.63) is 73.4 Å². The number of benzene rings is 2. The predicted molar refractivity (Wildman–Crippen MR) is 110 cm³/mol. The number of nitrogens with zero attached hydrogens (tertiary/aromatic N) is 1. The lowest BCUT2D eigenvalue weighted by Crippen LogP contribution is -2.45. The van der Waals surface area contributed by atoms with Crippen molar-refractivity contribution >= 4 is 46.4 Å². The molecule has 0 saturated heterocycles. The van der Waals surface area contributed by atoms with Crippen LogP contribution < -0.4 is 5.32 Å². The fourth-order valence-electron chi connectivity index (χ4n) is 3.48. The first-order valence-corrected chi connectivity index (χ1v) is 9.93. The van der Waals surface area contributed by atoms with Crippen LogP contribution in [0.2, 0.25) is 15.1 Å². The molecule has 1 aliphatic rings. The van der Waals surface area contributed by atoms with E-state index < -0.39 is 24.6 Å². The molecule has 1 amide bonds. The average molecular weight is 480 g/mol. The molecule has 4 nitrogen and oxygen atoms in total. The highest BCUT2D eigenvalue weighted by molar-refractivity contribution is 6.34. The minimum Gasteiger partial charge on any atom is -0.624 e. The molecule has 2 aromatic carbocycles. The van der Waals surface area contributed by atoms with Gasteiger partial charge in [0, 0.05) is 34.1 Å². The van der Waals surface area contributed by atoms with Crippen molar-refractivity contribution in [3.63, 3.8) is 0 Å². The first-order chi connectivity index (χ1) is 13.9. The Labute approximate surface area is 185 Å². The normalized spacial score (nSPS) is 19.3. The Morgan fingerprint density at radius 2 is 1.80 bits per heavy atom. The third-order valence-corrected chi connectivity index (χ3v) is 5.84. The molecule has 2 aromatic rings. The molecule has 0 aromatic heterocycles. The van der Waals surface area contributed by atoms with E-state index in [1.807, 2.05) is 0 Å². The molecule has 0 radical (unpaired) electrons. The smallest absolute Gasteiger partial charge is 0.405 e. The Morgan fingerprint density at radius 3 is 2.33 bits per heavy atom. The van der Waals surface area contributed by atoms with E-state index in [0.717, 1.165) is 0 Å². The van der Waals surface area contributed by atoms with Crippen LogP contribution in [0.3, 0.4) is 0 Å². The Bertz CT molecular complexity index is 1020. The first-order valence-electron chi connectivity index (χ1n) is 8.80. The molecule has 1 aliphatic heterocycles. The molecule has 0 bridgehead atoms. The second kappa shape index (κ2) is 8.29. The zero-order chi connectivity index (χ0) is 22.3. The van der Waals surface area contributed by atoms with Crippen LogP contribution in [-0.2, 0) is 16.8 Å². The van der Waals surface area contributed by atoms with E-state index >= 15 is 0 Å². The maximum absolute atomic E-state index is 14.2. The van der Waals surface area contributed by atoms with Crippen molar-refractivity contribution in [2.24, 2.45) is 0 Å². The molecule has 1 atom stereocenters. The molecule has 1 unspecified atom stereocenters. The third kappa shape index (κ3) is 4.38. The zero-order valence-electron chi connectivity index (χ0n) is 15.6. The number of alkyl halides is 3. The average Bonchev–Trinajstić information content (AvgIpc) is 2.98. The lowest BCUT2D eigenvalue weighted by atomic mass is 9.76. The largest absolute Gasteiger partial charge is 0.624 e. The van der Waals surface area contributed by atoms with Gasteiger partial charge in [0.15, 0.2) is 17.7 Å². The van der Waals surface area contributed by atoms with Gasteiger partial charge >= 0.3 is 6.18 Å². The highest BCUT2D eigenvalue weighted by Gasteiger charge is 2.63. The Hall–Kier alpha value is -1.96. The van der Waals surface area contributed by atoms with Gasteiger partial charge in [-0.1, -0.05) is 40.9 Å². The van der Waals surface area contributed by atoms with Gasteiger partial charge in [0.1, 0.15) is 0 Å². The molecular weight excluding hydrogens is 464 g/mol. The van der Waals surface area contributed by atoms with Crippen molar-refractivity contribution in [3.8, 4) is 0 Å². The van der Waals surface area contributed by atoms with Crippen molar-refractivity contribution < 1.29 is 22.7 Å². The van der Waals surface area contributed by atoms with Crippen LogP contribution in [0.5, 0.6) is 0 Å². The molecule has 0 spiro atoms. The maximum Gasteiger partial charge on any atom is 0.405 e. The Balaban J connectivity index is 1.99. The van der Waals surface area contributed by atoms with Crippen LogP contribution in [0.4, 0.5) is 13.2 Å². The fraction of sp³-hybridized carbons (Fsp3) is 0.300. The monoisotopic (exact) mass is 478 g/mol. The minimum absolute atomic E-state index is 0.0450. The van der Waals surface area contributed by atoms with Gasteiger partial charge in [-0.2, -0.15) is 13.2 Å². The van der Waals surface area contributed by atoms with E-state index in [-0.39, 0.29) is 44.4 Å². The number of rotatable bonds is 4. The van der Waals surface area contributed by atoms with Crippen LogP contribution >= 0.6 is 34.8 Å². The van der Waals surface area contributed by atoms with Gasteiger partial charge < -0.3 is 10.5 Å². The number of hydrogen-bond acceptors (Lipinski definition) is 2. The molecule has 30 heavy (non-hydrogen) atoms. The van der Waals surface area contributed by atoms with Crippen molar-refractivity contribution in [2.75, 3.05) is 6.54 Å². The molecule has 1 heterocycles. The van der Waals surface area contributed by atoms with Crippen LogP contribution in [-0.4, -0.2) is 29.1 Å². The second-order valence-corrected chi connectivity index (χ2v) is 8.39. The fourth-order valence-corrected chi connectivity index (χ4v) is 4.26. The highest BCUT2D eigenvalue weighted by atomic mass is 35.5. The number of carbonyl (C=O) groups is 1. The van der Waals surface area contributed by atoms with Gasteiger partial charge in [0.05, 0.1) is 6.42 Å². The predicted octanol–water partition coefficient (Wildman–Crippen LogP) is 5.49. The maximum atomic E-state index is 14.2. The quantitative estimate of drug-likeness (QED) is 0.466. The molecule has 3 rings (SSSR count). The van der Waals surface area contributed by atoms with Gasteiger partial charge in [0.2, 0.25) is 5.91 Å². The van der Waals surface area contributed by atoms with Crippen LogP contribution in [0.15, 0.2) is 36.4 Å². The van der Waals surface area contributed by atoms with Gasteiger partial charge in [-0.05, 0) is 41.5 Å². The zero-order valence-corrected chi connectivity index (χ0v) is 17.9. The summed E-state index contributed by atoms with van der Waals surface area (Å²) in [6.07, 6.45) is -5.31. The lowest BCUT2D eigenvalue weighted by Gasteiger charge is -2.29. The molecule has 0 fully saturated rings. The molecule has 160 valence electrons. The topological polar surface area (TPSA) is 55.2 Å². The number of hydroxylamine groups is 1. The number of halogens is 6. The SMILES string of the molecule is CC(=O)NCc1ccc(C2=[N+]([O-])CC(c3cc(Cl)cc(Cl)c3)(C(F)(F)F)C2)cc1Cl. The van der Waals surface area contributed by atoms with Gasteiger partial charge in [0.25, 0.3) is 0 Å². The first kappa shape index (κ1) is 22.7. The molecule has 10 heteroatoms. The van der Waals surface area contributed by atoms with Crippen LogP contribution in [0.25, 0.3) is 0 Å². The van der Waals surface area contributed by atoms with Crippen LogP contribution in [0.1, 0.15) is 30.0 Å². The Kier molecular flexibility index (Phi) is 6.28. The summed E-state index contributed by atoms with van der Waals surface area (Å²) >= 11 is 18.1. The van der Waals surface area contributed by atoms with E-state index in [1.165, 1.54) is 37.3 Å². The molecular formula is C20H16Cl3F3N2O2. The number of nitrogens with one attached hydrogen (secondary N) is 1. The van der Waals surface area contributed by atoms with Crippen molar-refractivity contribution in [2.45, 2.75) is 31.5 Å². The van der Waals surface area contributed by atoms with Crippen LogP contribution in [0, 0.1) is 5.21 Å². The van der Waals surface area contributed by atoms with Crippen molar-refractivity contribution in [1.82, 2.24) is 5.32 Å². The third-order valence-electron chi connectivity index (χ3n) is 5.06. The summed E-state index contributed by atoms with van der Waals surface area (Å²) in [5, 5.41) is 15.5. The summed E-state index contributed by atoms with van der Waals surface area (Å²) in [5.41, 5.74) is -1.82. The second-order valence-electron chi connectivity index (χ2n) is 7.11. The summed E-state index contributed by atoms with van der Waals surface area (Å²) in [5.74, 6) is -0.249. The number of hydrogen-bond donors (Lipinski definition) is 1. The van der Waals surface area contributed by atoms with Gasteiger partial charge in [-0.3, -0.25) is 4.79 Å². The van der Waals surface area contributed by atoms with E-state index in [1.54, 1.807) is 6.07 Å². The summed E-state index contributed by atoms with van der Waals surface area (Å²) in [7, 11) is 0. The molecule has 0 saturated carbocycles. The van der Waals surface area contributed by atoms with Gasteiger partial charge in [-0.15, -0.1) is 0 Å². The summed E-state index contributed by atoms with van der Waals surface area (Å²) < 4.78 is 43.0.